The van der Waals surface area contributed by atoms with Gasteiger partial charge in [-0.25, -0.2) is 0 Å². The number of para-hydroxylation sites is 6. The molecule has 318 valence electrons. The highest BCUT2D eigenvalue weighted by Crippen LogP contribution is 2.42. The highest BCUT2D eigenvalue weighted by Gasteiger charge is 2.23. The Morgan fingerprint density at radius 1 is 0.221 bits per heavy atom. The molecule has 0 saturated heterocycles. The molecule has 0 atom stereocenters. The Morgan fingerprint density at radius 3 is 1.16 bits per heavy atom. The van der Waals surface area contributed by atoms with Crippen LogP contribution in [-0.2, 0) is 0 Å². The molecule has 0 amide bonds. The van der Waals surface area contributed by atoms with Crippen molar-refractivity contribution in [3.8, 4) is 33.9 Å². The minimum Gasteiger partial charge on any atom is -0.309 e. The highest BCUT2D eigenvalue weighted by molar-refractivity contribution is 6.28. The first-order valence-corrected chi connectivity index (χ1v) is 22.9. The van der Waals surface area contributed by atoms with E-state index in [0.717, 1.165) is 110 Å². The number of hydrogen-bond donors (Lipinski definition) is 0. The van der Waals surface area contributed by atoms with Crippen molar-refractivity contribution in [1.82, 2.24) is 18.3 Å². The average molecular weight is 871 g/mol. The molecule has 0 fully saturated rings. The van der Waals surface area contributed by atoms with Gasteiger partial charge in [-0.05, 0) is 113 Å². The van der Waals surface area contributed by atoms with Gasteiger partial charge in [0, 0.05) is 60.5 Å². The monoisotopic (exact) mass is 870 g/mol. The van der Waals surface area contributed by atoms with Crippen LogP contribution >= 0.6 is 0 Å². The van der Waals surface area contributed by atoms with E-state index < -0.39 is 0 Å². The lowest BCUT2D eigenvalue weighted by atomic mass is 9.97. The van der Waals surface area contributed by atoms with E-state index in [1.54, 1.807) is 0 Å². The molecule has 4 heterocycles. The topological polar surface area (TPSA) is 53.9 Å². The second-order valence-corrected chi connectivity index (χ2v) is 17.6. The third-order valence-electron chi connectivity index (χ3n) is 14.0. The quantitative estimate of drug-likeness (QED) is 0.162. The fourth-order valence-corrected chi connectivity index (χ4v) is 11.1. The smallest absolute Gasteiger partial charge is 0.264 e. The van der Waals surface area contributed by atoms with Gasteiger partial charge in [-0.1, -0.05) is 140 Å². The Kier molecular flexibility index (Phi) is 8.18. The lowest BCUT2D eigenvalue weighted by molar-refractivity contribution is 1.06. The molecule has 0 spiro atoms. The van der Waals surface area contributed by atoms with Crippen LogP contribution < -0.4 is 11.1 Å². The Morgan fingerprint density at radius 2 is 0.588 bits per heavy atom. The number of nitrogens with zero attached hydrogens (tertiary/aromatic N) is 4. The molecule has 6 heteroatoms. The van der Waals surface area contributed by atoms with Crippen LogP contribution in [0.4, 0.5) is 0 Å². The molecule has 0 aliphatic heterocycles. The van der Waals surface area contributed by atoms with E-state index in [-0.39, 0.29) is 11.1 Å². The molecule has 6 nitrogen and oxygen atoms in total. The Labute approximate surface area is 388 Å². The van der Waals surface area contributed by atoms with Crippen LogP contribution in [0, 0.1) is 0 Å². The maximum Gasteiger partial charge on any atom is 0.264 e. The van der Waals surface area contributed by atoms with Crippen molar-refractivity contribution < 1.29 is 0 Å². The van der Waals surface area contributed by atoms with Crippen molar-refractivity contribution in [3.05, 3.63) is 251 Å². The molecule has 68 heavy (non-hydrogen) atoms. The Balaban J connectivity index is 0.975. The van der Waals surface area contributed by atoms with E-state index >= 15 is 4.79 Å². The number of hydrogen-bond acceptors (Lipinski definition) is 2. The first-order valence-electron chi connectivity index (χ1n) is 22.9. The molecule has 0 N–H and O–H groups in total. The van der Waals surface area contributed by atoms with Crippen LogP contribution in [-0.4, -0.2) is 18.3 Å². The molecule has 0 radical (unpaired) electrons. The van der Waals surface area contributed by atoms with E-state index in [1.165, 1.54) is 0 Å². The zero-order valence-electron chi connectivity index (χ0n) is 36.5. The normalized spacial score (nSPS) is 11.9. The number of aromatic nitrogens is 4. The van der Waals surface area contributed by atoms with Gasteiger partial charge in [0.25, 0.3) is 11.1 Å². The standard InChI is InChI=1S/C62H38N4O2/c67-61-50-38-40(30-33-47(50)57-56(66(61)43-20-8-3-9-21-43)37-36-55-58(57)48-23-11-14-26-52(48)63(55)41-16-4-1-5-17-41)39-28-31-44(32-29-39)64-53-27-15-12-24-49(53)59-54(64)35-34-46-45-22-10-13-25-51(45)65(62(68)60(46)59)42-18-6-2-7-19-42/h1-38H. The van der Waals surface area contributed by atoms with Gasteiger partial charge >= 0.3 is 0 Å². The van der Waals surface area contributed by atoms with Gasteiger partial charge in [0.2, 0.25) is 0 Å². The number of fused-ring (bicyclic) bond motifs is 14. The summed E-state index contributed by atoms with van der Waals surface area (Å²) >= 11 is 0. The van der Waals surface area contributed by atoms with E-state index in [9.17, 15) is 4.79 Å². The van der Waals surface area contributed by atoms with Crippen molar-refractivity contribution in [2.24, 2.45) is 0 Å². The lowest BCUT2D eigenvalue weighted by Gasteiger charge is -2.16. The summed E-state index contributed by atoms with van der Waals surface area (Å²) in [6.07, 6.45) is 0. The van der Waals surface area contributed by atoms with Crippen LogP contribution in [0.15, 0.2) is 240 Å². The molecule has 14 rings (SSSR count). The fraction of sp³-hybridized carbons (Fsp3) is 0. The van der Waals surface area contributed by atoms with E-state index in [0.29, 0.717) is 10.8 Å². The molecule has 10 aromatic carbocycles. The summed E-state index contributed by atoms with van der Waals surface area (Å²) in [5, 5.41) is 9.44. The first kappa shape index (κ1) is 38.1. The van der Waals surface area contributed by atoms with Crippen molar-refractivity contribution in [1.29, 1.82) is 0 Å². The highest BCUT2D eigenvalue weighted by atomic mass is 16.1. The van der Waals surface area contributed by atoms with Crippen LogP contribution in [0.3, 0.4) is 0 Å². The third-order valence-corrected chi connectivity index (χ3v) is 14.0. The summed E-state index contributed by atoms with van der Waals surface area (Å²) in [7, 11) is 0. The second kappa shape index (κ2) is 14.6. The van der Waals surface area contributed by atoms with Gasteiger partial charge in [0.15, 0.2) is 0 Å². The van der Waals surface area contributed by atoms with Crippen molar-refractivity contribution in [2.45, 2.75) is 0 Å². The van der Waals surface area contributed by atoms with Gasteiger partial charge in [0.1, 0.15) is 0 Å². The zero-order valence-corrected chi connectivity index (χ0v) is 36.5. The van der Waals surface area contributed by atoms with Gasteiger partial charge in [-0.2, -0.15) is 0 Å². The maximum absolute atomic E-state index is 15.0. The molecular weight excluding hydrogens is 833 g/mol. The van der Waals surface area contributed by atoms with Crippen LogP contribution in [0.2, 0.25) is 0 Å². The molecule has 0 unspecified atom stereocenters. The van der Waals surface area contributed by atoms with Crippen LogP contribution in [0.5, 0.6) is 0 Å². The Bertz CT molecular complexity index is 4510. The fourth-order valence-electron chi connectivity index (χ4n) is 11.1. The Hall–Kier alpha value is -9.26. The summed E-state index contributed by atoms with van der Waals surface area (Å²) in [4.78, 5) is 30.0. The average Bonchev–Trinajstić information content (AvgIpc) is 3.93. The zero-order chi connectivity index (χ0) is 45.0. The first-order chi connectivity index (χ1) is 33.6. The van der Waals surface area contributed by atoms with Crippen molar-refractivity contribution >= 4 is 87.0 Å². The van der Waals surface area contributed by atoms with E-state index in [4.69, 9.17) is 0 Å². The molecule has 0 saturated carbocycles. The third kappa shape index (κ3) is 5.40. The lowest BCUT2D eigenvalue weighted by Crippen LogP contribution is -2.19. The molecule has 14 aromatic rings. The molecule has 4 aromatic heterocycles. The largest absolute Gasteiger partial charge is 0.309 e. The number of pyridine rings is 2. The predicted molar refractivity (Wildman–Crippen MR) is 282 cm³/mol. The minimum atomic E-state index is -0.0695. The van der Waals surface area contributed by atoms with Gasteiger partial charge in [-0.3, -0.25) is 18.7 Å². The summed E-state index contributed by atoms with van der Waals surface area (Å²) in [5.41, 5.74) is 11.4. The number of rotatable bonds is 5. The summed E-state index contributed by atoms with van der Waals surface area (Å²) in [6, 6.07) is 78.9. The van der Waals surface area contributed by atoms with Crippen molar-refractivity contribution in [2.75, 3.05) is 0 Å². The van der Waals surface area contributed by atoms with E-state index in [2.05, 4.69) is 149 Å². The van der Waals surface area contributed by atoms with Gasteiger partial charge in [-0.15, -0.1) is 0 Å². The van der Waals surface area contributed by atoms with Crippen LogP contribution in [0.25, 0.3) is 121 Å². The molecule has 0 aliphatic carbocycles. The van der Waals surface area contributed by atoms with Crippen LogP contribution in [0.1, 0.15) is 0 Å². The molecular formula is C62H38N4O2. The minimum absolute atomic E-state index is 0.0492. The van der Waals surface area contributed by atoms with E-state index in [1.807, 2.05) is 100 Å². The predicted octanol–water partition coefficient (Wildman–Crippen LogP) is 14.5. The summed E-state index contributed by atoms with van der Waals surface area (Å²) < 4.78 is 8.32. The second-order valence-electron chi connectivity index (χ2n) is 17.6. The maximum atomic E-state index is 15.0. The SMILES string of the molecule is O=c1c2c(ccc3c2c2ccccc2n3-c2ccc(-c3ccc4c(c3)c(=O)n(-c3ccccc3)c3ccc5c(c6ccccc6n5-c5ccccc5)c43)cc2)c2ccccc2n1-c1ccccc1. The molecule has 0 aliphatic rings. The van der Waals surface area contributed by atoms with Gasteiger partial charge in [0.05, 0.1) is 38.5 Å². The summed E-state index contributed by atoms with van der Waals surface area (Å²) in [6.45, 7) is 0. The summed E-state index contributed by atoms with van der Waals surface area (Å²) in [5.74, 6) is 0. The molecule has 0 bridgehead atoms. The number of benzene rings is 10. The van der Waals surface area contributed by atoms with Crippen molar-refractivity contribution in [3.63, 3.8) is 0 Å². The van der Waals surface area contributed by atoms with Gasteiger partial charge < -0.3 is 9.13 Å².